The summed E-state index contributed by atoms with van der Waals surface area (Å²) in [5.41, 5.74) is 10.5. The molecule has 0 saturated carbocycles. The van der Waals surface area contributed by atoms with Crippen molar-refractivity contribution in [1.82, 2.24) is 10.3 Å². The molecule has 0 spiro atoms. The van der Waals surface area contributed by atoms with E-state index in [1.807, 2.05) is 0 Å². The van der Waals surface area contributed by atoms with Crippen molar-refractivity contribution in [3.8, 4) is 0 Å². The Kier molecular flexibility index (Phi) is 5.90. The van der Waals surface area contributed by atoms with Crippen LogP contribution in [0.1, 0.15) is 19.4 Å². The van der Waals surface area contributed by atoms with Crippen molar-refractivity contribution in [2.45, 2.75) is 13.8 Å². The zero-order valence-corrected chi connectivity index (χ0v) is 15.8. The Labute approximate surface area is 149 Å². The van der Waals surface area contributed by atoms with E-state index in [-0.39, 0.29) is 0 Å². The molecule has 0 aliphatic carbocycles. The second-order valence-corrected chi connectivity index (χ2v) is 8.24. The molecule has 25 heavy (non-hydrogen) atoms. The van der Waals surface area contributed by atoms with Crippen LogP contribution in [0.2, 0.25) is 0 Å². The van der Waals surface area contributed by atoms with Crippen LogP contribution in [0, 0.1) is 0 Å². The van der Waals surface area contributed by atoms with Gasteiger partial charge in [0.2, 0.25) is 0 Å². The molecule has 1 aromatic heterocycles. The lowest BCUT2D eigenvalue weighted by atomic mass is 10.1. The fraction of sp³-hybridized carbons (Fsp3) is 0.316. The number of nitrogens with zero attached hydrogens (tertiary/aromatic N) is 3. The van der Waals surface area contributed by atoms with Crippen molar-refractivity contribution >= 4 is 36.1 Å². The van der Waals surface area contributed by atoms with Crippen LogP contribution in [0.3, 0.4) is 0 Å². The maximum Gasteiger partial charge on any atom is 0.159 e. The van der Waals surface area contributed by atoms with E-state index in [0.29, 0.717) is 0 Å². The quantitative estimate of drug-likeness (QED) is 0.769. The fourth-order valence-corrected chi connectivity index (χ4v) is 4.57. The van der Waals surface area contributed by atoms with Crippen LogP contribution in [-0.2, 0) is 0 Å². The predicted octanol–water partition coefficient (Wildman–Crippen LogP) is 3.51. The number of benzene rings is 1. The number of anilines is 1. The molecule has 0 fully saturated rings. The molecular weight excluding hydrogens is 331 g/mol. The molecule has 0 bridgehead atoms. The summed E-state index contributed by atoms with van der Waals surface area (Å²) < 4.78 is 5.02. The van der Waals surface area contributed by atoms with Gasteiger partial charge in [-0.15, -0.1) is 0 Å². The second kappa shape index (κ2) is 8.32. The lowest BCUT2D eigenvalue weighted by Crippen LogP contribution is -2.22. The molecule has 2 heterocycles. The fourth-order valence-electron chi connectivity index (χ4n) is 2.97. The third kappa shape index (κ3) is 3.94. The summed E-state index contributed by atoms with van der Waals surface area (Å²) in [5.74, 6) is 4.60. The van der Waals surface area contributed by atoms with Crippen LogP contribution in [0.15, 0.2) is 46.4 Å². The Balaban J connectivity index is 1.87. The normalized spacial score (nSPS) is 17.1. The summed E-state index contributed by atoms with van der Waals surface area (Å²) in [5, 5.41) is 8.23. The van der Waals surface area contributed by atoms with E-state index in [0.717, 1.165) is 48.1 Å². The van der Waals surface area contributed by atoms with Crippen molar-refractivity contribution in [3.63, 3.8) is 0 Å². The molecule has 1 aliphatic rings. The zero-order chi connectivity index (χ0) is 17.6. The molecule has 1 aliphatic heterocycles. The standard InChI is InChI=1S/C19H25N4OP/c1-3-23(4-2)17-8-7-16(18-19(17)22-24-21-18)6-5-15-9-12-25(13-10-15)14-11-20/h5-10,12-13,25H,3-4,11,14,20H2,1-2H3/b6-5+. The third-order valence-corrected chi connectivity index (χ3v) is 6.45. The van der Waals surface area contributed by atoms with E-state index in [1.165, 1.54) is 5.57 Å². The van der Waals surface area contributed by atoms with Gasteiger partial charge in [0.05, 0.1) is 5.69 Å². The number of hydrogen-bond acceptors (Lipinski definition) is 5. The first-order valence-electron chi connectivity index (χ1n) is 8.74. The molecule has 3 rings (SSSR count). The topological polar surface area (TPSA) is 68.2 Å². The van der Waals surface area contributed by atoms with E-state index in [4.69, 9.17) is 10.4 Å². The van der Waals surface area contributed by atoms with Crippen molar-refractivity contribution < 1.29 is 4.63 Å². The Morgan fingerprint density at radius 1 is 1.16 bits per heavy atom. The molecule has 0 amide bonds. The van der Waals surface area contributed by atoms with Crippen molar-refractivity contribution in [1.29, 1.82) is 0 Å². The van der Waals surface area contributed by atoms with Crippen molar-refractivity contribution in [2.75, 3.05) is 30.7 Å². The van der Waals surface area contributed by atoms with E-state index >= 15 is 0 Å². The van der Waals surface area contributed by atoms with E-state index in [1.54, 1.807) is 0 Å². The highest BCUT2D eigenvalue weighted by Crippen LogP contribution is 2.29. The van der Waals surface area contributed by atoms with Gasteiger partial charge in [0.25, 0.3) is 0 Å². The number of allylic oxidation sites excluding steroid dienone is 4. The van der Waals surface area contributed by atoms with Gasteiger partial charge in [-0.3, -0.25) is 0 Å². The number of fused-ring (bicyclic) bond motifs is 1. The summed E-state index contributed by atoms with van der Waals surface area (Å²) >= 11 is 0. The first-order chi connectivity index (χ1) is 12.3. The SMILES string of the molecule is CCN(CC)c1ccc(/C=C/C2=CC=[PH](CCN)C=C2)c2nonc12. The monoisotopic (exact) mass is 356 g/mol. The van der Waals surface area contributed by atoms with Crippen LogP contribution in [0.4, 0.5) is 5.69 Å². The van der Waals surface area contributed by atoms with Crippen LogP contribution in [0.5, 0.6) is 0 Å². The molecule has 5 nitrogen and oxygen atoms in total. The minimum atomic E-state index is -0.543. The Morgan fingerprint density at radius 2 is 1.96 bits per heavy atom. The van der Waals surface area contributed by atoms with Crippen LogP contribution < -0.4 is 10.6 Å². The van der Waals surface area contributed by atoms with Gasteiger partial charge in [-0.25, -0.2) is 4.63 Å². The number of rotatable bonds is 7. The number of nitrogens with two attached hydrogens (primary N) is 1. The van der Waals surface area contributed by atoms with E-state index < -0.39 is 7.55 Å². The Bertz CT molecular complexity index is 859. The highest BCUT2D eigenvalue weighted by molar-refractivity contribution is 7.60. The first kappa shape index (κ1) is 17.7. The summed E-state index contributed by atoms with van der Waals surface area (Å²) in [7, 11) is -0.543. The highest BCUT2D eigenvalue weighted by Gasteiger charge is 2.14. The van der Waals surface area contributed by atoms with Gasteiger partial charge in [0, 0.05) is 18.7 Å². The molecule has 1 unspecified atom stereocenters. The van der Waals surface area contributed by atoms with Gasteiger partial charge in [-0.2, -0.15) is 0 Å². The van der Waals surface area contributed by atoms with Gasteiger partial charge in [0.15, 0.2) is 5.52 Å². The molecule has 2 aromatic rings. The predicted molar refractivity (Wildman–Crippen MR) is 110 cm³/mol. The maximum atomic E-state index is 5.64. The van der Waals surface area contributed by atoms with Crippen molar-refractivity contribution in [2.24, 2.45) is 5.73 Å². The lowest BCUT2D eigenvalue weighted by molar-refractivity contribution is 0.315. The molecule has 2 N–H and O–H groups in total. The molecule has 132 valence electrons. The van der Waals surface area contributed by atoms with E-state index in [9.17, 15) is 0 Å². The molecule has 1 atom stereocenters. The first-order valence-corrected chi connectivity index (χ1v) is 10.6. The smallest absolute Gasteiger partial charge is 0.159 e. The average molecular weight is 356 g/mol. The maximum absolute atomic E-state index is 5.64. The molecule has 0 saturated heterocycles. The number of aromatic nitrogens is 2. The highest BCUT2D eigenvalue weighted by atomic mass is 31.1. The molecular formula is C19H25N4OP. The minimum absolute atomic E-state index is 0.543. The summed E-state index contributed by atoms with van der Waals surface area (Å²) in [6.45, 7) is 6.87. The largest absolute Gasteiger partial charge is 0.370 e. The summed E-state index contributed by atoms with van der Waals surface area (Å²) in [6, 6.07) is 4.18. The van der Waals surface area contributed by atoms with Crippen LogP contribution in [-0.4, -0.2) is 41.9 Å². The molecule has 1 aromatic carbocycles. The van der Waals surface area contributed by atoms with Crippen molar-refractivity contribution in [3.05, 3.63) is 47.3 Å². The third-order valence-electron chi connectivity index (χ3n) is 4.40. The summed E-state index contributed by atoms with van der Waals surface area (Å²) in [6.07, 6.45) is 9.64. The number of hydrogen-bond donors (Lipinski definition) is 1. The van der Waals surface area contributed by atoms with Crippen LogP contribution in [0.25, 0.3) is 17.1 Å². The Morgan fingerprint density at radius 3 is 2.64 bits per heavy atom. The van der Waals surface area contributed by atoms with Gasteiger partial charge in [0.1, 0.15) is 5.52 Å². The van der Waals surface area contributed by atoms with Gasteiger partial charge in [-0.05, 0) is 48.5 Å². The second-order valence-electron chi connectivity index (χ2n) is 5.92. The lowest BCUT2D eigenvalue weighted by Gasteiger charge is -2.20. The molecule has 6 heteroatoms. The average Bonchev–Trinajstić information content (AvgIpc) is 3.13. The molecule has 0 radical (unpaired) electrons. The van der Waals surface area contributed by atoms with Gasteiger partial charge in [-0.1, -0.05) is 49.5 Å². The zero-order valence-electron chi connectivity index (χ0n) is 14.8. The Hall–Kier alpha value is -2.10. The summed E-state index contributed by atoms with van der Waals surface area (Å²) in [4.78, 5) is 2.25. The van der Waals surface area contributed by atoms with E-state index in [2.05, 4.69) is 77.1 Å². The van der Waals surface area contributed by atoms with Gasteiger partial charge >= 0.3 is 0 Å². The van der Waals surface area contributed by atoms with Crippen LogP contribution >= 0.6 is 7.55 Å². The van der Waals surface area contributed by atoms with Gasteiger partial charge < -0.3 is 10.6 Å². The minimum Gasteiger partial charge on any atom is -0.370 e.